The molecule has 4 rings (SSSR count). The molecular weight excluding hydrogens is 258 g/mol. The van der Waals surface area contributed by atoms with Crippen LogP contribution in [-0.4, -0.2) is 9.55 Å². The van der Waals surface area contributed by atoms with Crippen molar-refractivity contribution in [2.45, 2.75) is 0 Å². The molecule has 3 nitrogen and oxygen atoms in total. The summed E-state index contributed by atoms with van der Waals surface area (Å²) in [6.07, 6.45) is 1.78. The third-order valence-electron chi connectivity index (χ3n) is 3.70. The van der Waals surface area contributed by atoms with Gasteiger partial charge in [0, 0.05) is 17.0 Å². The molecule has 98 valence electrons. The Kier molecular flexibility index (Phi) is 2.48. The Morgan fingerprint density at radius 3 is 2.52 bits per heavy atom. The maximum atomic E-state index is 9.38. The van der Waals surface area contributed by atoms with Gasteiger partial charge in [0.2, 0.25) is 0 Å². The van der Waals surface area contributed by atoms with Gasteiger partial charge >= 0.3 is 0 Å². The maximum absolute atomic E-state index is 9.38. The van der Waals surface area contributed by atoms with Crippen molar-refractivity contribution in [1.29, 1.82) is 5.26 Å². The smallest absolute Gasteiger partial charge is 0.145 e. The van der Waals surface area contributed by atoms with Gasteiger partial charge < -0.3 is 0 Å². The van der Waals surface area contributed by atoms with Crippen LogP contribution in [0.4, 0.5) is 0 Å². The molecule has 0 atom stereocenters. The molecule has 0 amide bonds. The summed E-state index contributed by atoms with van der Waals surface area (Å²) in [7, 11) is 0. The van der Waals surface area contributed by atoms with Crippen molar-refractivity contribution in [1.82, 2.24) is 9.55 Å². The molecule has 21 heavy (non-hydrogen) atoms. The average molecular weight is 269 g/mol. The van der Waals surface area contributed by atoms with Crippen molar-refractivity contribution in [3.63, 3.8) is 0 Å². The van der Waals surface area contributed by atoms with Crippen LogP contribution in [0, 0.1) is 11.3 Å². The van der Waals surface area contributed by atoms with Crippen molar-refractivity contribution in [2.75, 3.05) is 0 Å². The number of hydrogen-bond donors (Lipinski definition) is 0. The fourth-order valence-corrected chi connectivity index (χ4v) is 2.80. The zero-order valence-corrected chi connectivity index (χ0v) is 11.2. The van der Waals surface area contributed by atoms with Gasteiger partial charge in [-0.3, -0.25) is 4.57 Å². The van der Waals surface area contributed by atoms with Crippen LogP contribution in [0.15, 0.2) is 66.9 Å². The first-order chi connectivity index (χ1) is 10.4. The lowest BCUT2D eigenvalue weighted by molar-refractivity contribution is 1.13. The molecule has 0 aliphatic rings. The van der Waals surface area contributed by atoms with E-state index in [1.807, 2.05) is 42.5 Å². The van der Waals surface area contributed by atoms with Crippen LogP contribution in [0.5, 0.6) is 0 Å². The van der Waals surface area contributed by atoms with E-state index in [-0.39, 0.29) is 0 Å². The monoisotopic (exact) mass is 269 g/mol. The molecule has 2 aromatic heterocycles. The Morgan fingerprint density at radius 1 is 0.857 bits per heavy atom. The first kappa shape index (κ1) is 11.7. The van der Waals surface area contributed by atoms with Crippen LogP contribution in [0.25, 0.3) is 27.6 Å². The first-order valence-electron chi connectivity index (χ1n) is 6.74. The van der Waals surface area contributed by atoms with E-state index in [0.29, 0.717) is 5.56 Å². The molecule has 0 fully saturated rings. The fraction of sp³-hybridized carbons (Fsp3) is 0. The highest BCUT2D eigenvalue weighted by Crippen LogP contribution is 2.31. The van der Waals surface area contributed by atoms with Gasteiger partial charge in [0.25, 0.3) is 0 Å². The normalized spacial score (nSPS) is 10.8. The number of pyridine rings is 1. The first-order valence-corrected chi connectivity index (χ1v) is 6.74. The zero-order chi connectivity index (χ0) is 14.2. The summed E-state index contributed by atoms with van der Waals surface area (Å²) in [6.45, 7) is 0. The Morgan fingerprint density at radius 2 is 1.62 bits per heavy atom. The summed E-state index contributed by atoms with van der Waals surface area (Å²) in [5.41, 5.74) is 3.45. The maximum Gasteiger partial charge on any atom is 0.145 e. The Balaban J connectivity index is 2.24. The van der Waals surface area contributed by atoms with E-state index in [0.717, 1.165) is 27.6 Å². The number of nitriles is 1. The molecule has 0 saturated carbocycles. The molecule has 0 unspecified atom stereocenters. The highest BCUT2D eigenvalue weighted by atomic mass is 15.0. The van der Waals surface area contributed by atoms with Gasteiger partial charge in [-0.05, 0) is 30.3 Å². The van der Waals surface area contributed by atoms with Crippen molar-refractivity contribution < 1.29 is 0 Å². The number of hydrogen-bond acceptors (Lipinski definition) is 2. The molecule has 0 bridgehead atoms. The van der Waals surface area contributed by atoms with Gasteiger partial charge in [0.05, 0.1) is 16.8 Å². The van der Waals surface area contributed by atoms with Crippen LogP contribution >= 0.6 is 0 Å². The van der Waals surface area contributed by atoms with Crippen molar-refractivity contribution >= 4 is 21.9 Å². The molecule has 0 aliphatic carbocycles. The van der Waals surface area contributed by atoms with Gasteiger partial charge in [0.15, 0.2) is 0 Å². The van der Waals surface area contributed by atoms with E-state index in [1.54, 1.807) is 6.20 Å². The molecule has 0 N–H and O–H groups in total. The Hall–Kier alpha value is -3.12. The number of nitrogens with zero attached hydrogens (tertiary/aromatic N) is 3. The van der Waals surface area contributed by atoms with E-state index >= 15 is 0 Å². The van der Waals surface area contributed by atoms with Gasteiger partial charge in [-0.1, -0.05) is 30.3 Å². The fourth-order valence-electron chi connectivity index (χ4n) is 2.80. The molecule has 4 aromatic rings. The lowest BCUT2D eigenvalue weighted by atomic mass is 10.2. The summed E-state index contributed by atoms with van der Waals surface area (Å²) in [5.74, 6) is 0. The highest BCUT2D eigenvalue weighted by molar-refractivity contribution is 6.07. The molecule has 3 heteroatoms. The summed E-state index contributed by atoms with van der Waals surface area (Å²) in [4.78, 5) is 4.52. The number of fused-ring (bicyclic) bond motifs is 3. The average Bonchev–Trinajstić information content (AvgIpc) is 2.89. The van der Waals surface area contributed by atoms with Gasteiger partial charge in [0.1, 0.15) is 11.7 Å². The lowest BCUT2D eigenvalue weighted by Crippen LogP contribution is -1.98. The second-order valence-electron chi connectivity index (χ2n) is 4.86. The number of para-hydroxylation sites is 2. The largest absolute Gasteiger partial charge is 0.293 e. The topological polar surface area (TPSA) is 41.6 Å². The Bertz CT molecular complexity index is 953. The summed E-state index contributed by atoms with van der Waals surface area (Å²) >= 11 is 0. The third-order valence-corrected chi connectivity index (χ3v) is 3.70. The zero-order valence-electron chi connectivity index (χ0n) is 11.2. The predicted molar refractivity (Wildman–Crippen MR) is 83.3 cm³/mol. The molecular formula is C18H11N3. The van der Waals surface area contributed by atoms with E-state index in [2.05, 4.69) is 33.8 Å². The van der Waals surface area contributed by atoms with Crippen LogP contribution in [0.2, 0.25) is 0 Å². The quantitative estimate of drug-likeness (QED) is 0.523. The predicted octanol–water partition coefficient (Wildman–Crippen LogP) is 4.05. The SMILES string of the molecule is N#Cc1ccccc1-n1c2ccccc2c2cccnc21. The standard InChI is InChI=1S/C18H11N3/c19-12-13-6-1-3-9-16(13)21-17-10-4-2-7-14(17)15-8-5-11-20-18(15)21/h1-11H. The van der Waals surface area contributed by atoms with Crippen molar-refractivity contribution in [3.05, 3.63) is 72.4 Å². The number of benzene rings is 2. The minimum atomic E-state index is 0.644. The van der Waals surface area contributed by atoms with E-state index in [1.165, 1.54) is 0 Å². The van der Waals surface area contributed by atoms with Crippen molar-refractivity contribution in [2.24, 2.45) is 0 Å². The number of rotatable bonds is 1. The minimum Gasteiger partial charge on any atom is -0.293 e. The lowest BCUT2D eigenvalue weighted by Gasteiger charge is -2.08. The third kappa shape index (κ3) is 1.63. The van der Waals surface area contributed by atoms with Crippen LogP contribution in [0.1, 0.15) is 5.56 Å². The molecule has 0 aliphatic heterocycles. The second kappa shape index (κ2) is 4.46. The van der Waals surface area contributed by atoms with Gasteiger partial charge in [-0.2, -0.15) is 5.26 Å². The van der Waals surface area contributed by atoms with Gasteiger partial charge in [-0.25, -0.2) is 4.98 Å². The van der Waals surface area contributed by atoms with Crippen LogP contribution in [0.3, 0.4) is 0 Å². The molecule has 0 radical (unpaired) electrons. The van der Waals surface area contributed by atoms with E-state index in [9.17, 15) is 5.26 Å². The molecule has 0 spiro atoms. The summed E-state index contributed by atoms with van der Waals surface area (Å²) < 4.78 is 2.06. The van der Waals surface area contributed by atoms with E-state index < -0.39 is 0 Å². The van der Waals surface area contributed by atoms with Crippen molar-refractivity contribution in [3.8, 4) is 11.8 Å². The van der Waals surface area contributed by atoms with E-state index in [4.69, 9.17) is 0 Å². The van der Waals surface area contributed by atoms with Crippen LogP contribution in [-0.2, 0) is 0 Å². The number of aromatic nitrogens is 2. The molecule has 2 heterocycles. The summed E-state index contributed by atoms with van der Waals surface area (Å²) in [5, 5.41) is 11.6. The molecule has 2 aromatic carbocycles. The highest BCUT2D eigenvalue weighted by Gasteiger charge is 2.14. The molecule has 0 saturated heterocycles. The Labute approximate surface area is 121 Å². The summed E-state index contributed by atoms with van der Waals surface area (Å²) in [6, 6.07) is 22.1. The van der Waals surface area contributed by atoms with Crippen LogP contribution < -0.4 is 0 Å². The second-order valence-corrected chi connectivity index (χ2v) is 4.86. The van der Waals surface area contributed by atoms with Gasteiger partial charge in [-0.15, -0.1) is 0 Å². The minimum absolute atomic E-state index is 0.644.